The van der Waals surface area contributed by atoms with Gasteiger partial charge in [0.1, 0.15) is 11.9 Å². The van der Waals surface area contributed by atoms with Crippen molar-refractivity contribution in [3.63, 3.8) is 0 Å². The van der Waals surface area contributed by atoms with E-state index >= 15 is 4.39 Å². The molecule has 2 fully saturated rings. The van der Waals surface area contributed by atoms with Gasteiger partial charge in [-0.15, -0.1) is 0 Å². The Labute approximate surface area is 250 Å². The Morgan fingerprint density at radius 3 is 2.60 bits per heavy atom. The summed E-state index contributed by atoms with van der Waals surface area (Å²) in [5, 5.41) is 2.63. The van der Waals surface area contributed by atoms with Crippen LogP contribution in [-0.2, 0) is 20.9 Å². The average Bonchev–Trinajstić information content (AvgIpc) is 3.66. The predicted molar refractivity (Wildman–Crippen MR) is 160 cm³/mol. The summed E-state index contributed by atoms with van der Waals surface area (Å²) in [6.45, 7) is 4.66. The standard InChI is InChI=1S/C32H35FN6O4/c1-24(40)35-20-28-22-39(32(42)43-28)27-11-12-30(29(33)19-27)37-15-17-38(18-16-37)31(41)6-4-2-3-5-25-7-9-26(10-8-25)21-36-14-13-34-23-36/h7-14,19,23,28H,2,4,6,15-18,20-22H2,1H3,(H,35,40)/t28-/m0/s1. The van der Waals surface area contributed by atoms with Gasteiger partial charge in [0.15, 0.2) is 0 Å². The van der Waals surface area contributed by atoms with Crippen LogP contribution in [0.3, 0.4) is 0 Å². The second kappa shape index (κ2) is 13.9. The van der Waals surface area contributed by atoms with E-state index in [1.54, 1.807) is 24.7 Å². The Morgan fingerprint density at radius 1 is 1.12 bits per heavy atom. The number of carbonyl (C=O) groups excluding carboxylic acids is 3. The lowest BCUT2D eigenvalue weighted by Crippen LogP contribution is -2.49. The number of aromatic nitrogens is 2. The van der Waals surface area contributed by atoms with Crippen LogP contribution in [0.5, 0.6) is 0 Å². The topological polar surface area (TPSA) is 100 Å². The third-order valence-corrected chi connectivity index (χ3v) is 7.47. The number of hydrogen-bond acceptors (Lipinski definition) is 6. The van der Waals surface area contributed by atoms with Gasteiger partial charge in [-0.3, -0.25) is 14.5 Å². The molecule has 0 radical (unpaired) electrons. The van der Waals surface area contributed by atoms with Crippen molar-refractivity contribution in [3.8, 4) is 11.8 Å². The summed E-state index contributed by atoms with van der Waals surface area (Å²) in [6.07, 6.45) is 6.17. The molecule has 3 heterocycles. The molecular weight excluding hydrogens is 551 g/mol. The highest BCUT2D eigenvalue weighted by atomic mass is 19.1. The van der Waals surface area contributed by atoms with Crippen molar-refractivity contribution in [2.75, 3.05) is 49.1 Å². The van der Waals surface area contributed by atoms with Gasteiger partial charge in [-0.2, -0.15) is 0 Å². The van der Waals surface area contributed by atoms with Crippen LogP contribution in [0, 0.1) is 17.7 Å². The van der Waals surface area contributed by atoms with Gasteiger partial charge < -0.3 is 24.4 Å². The van der Waals surface area contributed by atoms with E-state index in [1.807, 2.05) is 32.7 Å². The molecule has 2 aromatic carbocycles. The largest absolute Gasteiger partial charge is 0.442 e. The first kappa shape index (κ1) is 29.6. The highest BCUT2D eigenvalue weighted by Gasteiger charge is 2.33. The molecule has 10 nitrogen and oxygen atoms in total. The highest BCUT2D eigenvalue weighted by molar-refractivity contribution is 5.90. The number of carbonyl (C=O) groups is 3. The van der Waals surface area contributed by atoms with Gasteiger partial charge in [-0.25, -0.2) is 14.2 Å². The van der Waals surface area contributed by atoms with Crippen LogP contribution in [0.15, 0.2) is 61.2 Å². The third-order valence-electron chi connectivity index (χ3n) is 7.47. The van der Waals surface area contributed by atoms with Crippen LogP contribution in [-0.4, -0.2) is 77.7 Å². The van der Waals surface area contributed by atoms with E-state index in [2.05, 4.69) is 34.3 Å². The van der Waals surface area contributed by atoms with Crippen LogP contribution < -0.4 is 15.1 Å². The Hall–Kier alpha value is -4.85. The number of unbranched alkanes of at least 4 members (excludes halogenated alkanes) is 1. The molecule has 2 aliphatic heterocycles. The van der Waals surface area contributed by atoms with Gasteiger partial charge in [0.2, 0.25) is 11.8 Å². The van der Waals surface area contributed by atoms with Gasteiger partial charge in [0.25, 0.3) is 0 Å². The fourth-order valence-corrected chi connectivity index (χ4v) is 5.15. The second-order valence-electron chi connectivity index (χ2n) is 10.6. The normalized spacial score (nSPS) is 16.5. The number of hydrogen-bond donors (Lipinski definition) is 1. The quantitative estimate of drug-likeness (QED) is 0.305. The fourth-order valence-electron chi connectivity index (χ4n) is 5.15. The molecule has 1 aromatic heterocycles. The molecular formula is C32H35FN6O4. The zero-order chi connectivity index (χ0) is 30.2. The zero-order valence-electron chi connectivity index (χ0n) is 24.2. The number of nitrogens with one attached hydrogen (secondary N) is 1. The number of halogens is 1. The summed E-state index contributed by atoms with van der Waals surface area (Å²) in [4.78, 5) is 45.3. The zero-order valence-corrected chi connectivity index (χ0v) is 24.2. The van der Waals surface area contributed by atoms with Gasteiger partial charge in [0, 0.05) is 70.4 Å². The van der Waals surface area contributed by atoms with Crippen molar-refractivity contribution in [2.24, 2.45) is 0 Å². The molecule has 0 unspecified atom stereocenters. The van der Waals surface area contributed by atoms with E-state index in [9.17, 15) is 14.4 Å². The summed E-state index contributed by atoms with van der Waals surface area (Å²) in [7, 11) is 0. The minimum Gasteiger partial charge on any atom is -0.442 e. The Kier molecular flexibility index (Phi) is 9.56. The lowest BCUT2D eigenvalue weighted by molar-refractivity contribution is -0.131. The molecule has 0 aliphatic carbocycles. The van der Waals surface area contributed by atoms with E-state index in [4.69, 9.17) is 4.74 Å². The van der Waals surface area contributed by atoms with Crippen molar-refractivity contribution >= 4 is 29.3 Å². The number of nitrogens with zero attached hydrogens (tertiary/aromatic N) is 5. The van der Waals surface area contributed by atoms with E-state index in [-0.39, 0.29) is 24.9 Å². The molecule has 2 aliphatic rings. The minimum absolute atomic E-state index is 0.0856. The molecule has 2 saturated heterocycles. The minimum atomic E-state index is -0.572. The maximum absolute atomic E-state index is 15.1. The number of amides is 3. The van der Waals surface area contributed by atoms with E-state index in [0.29, 0.717) is 56.8 Å². The van der Waals surface area contributed by atoms with Gasteiger partial charge >= 0.3 is 6.09 Å². The SMILES string of the molecule is CC(=O)NC[C@H]1CN(c2ccc(N3CCN(C(=O)CCCC#Cc4ccc(Cn5ccnc5)cc4)CC3)c(F)c2)C(=O)O1. The highest BCUT2D eigenvalue weighted by Crippen LogP contribution is 2.28. The van der Waals surface area contributed by atoms with Gasteiger partial charge in [-0.1, -0.05) is 24.0 Å². The number of imidazole rings is 1. The number of ether oxygens (including phenoxy) is 1. The van der Waals surface area contributed by atoms with Crippen LogP contribution in [0.2, 0.25) is 0 Å². The lowest BCUT2D eigenvalue weighted by Gasteiger charge is -2.36. The van der Waals surface area contributed by atoms with E-state index in [1.165, 1.54) is 23.5 Å². The number of anilines is 2. The van der Waals surface area contributed by atoms with Crippen molar-refractivity contribution in [2.45, 2.75) is 38.8 Å². The molecule has 3 amide bonds. The molecule has 0 saturated carbocycles. The molecule has 3 aromatic rings. The second-order valence-corrected chi connectivity index (χ2v) is 10.6. The van der Waals surface area contributed by atoms with E-state index in [0.717, 1.165) is 12.1 Å². The molecule has 0 bridgehead atoms. The van der Waals surface area contributed by atoms with E-state index < -0.39 is 18.0 Å². The van der Waals surface area contributed by atoms with Crippen molar-refractivity contribution in [3.05, 3.63) is 78.1 Å². The number of benzene rings is 2. The average molecular weight is 587 g/mol. The van der Waals surface area contributed by atoms with Crippen molar-refractivity contribution in [1.29, 1.82) is 0 Å². The first-order chi connectivity index (χ1) is 20.9. The maximum Gasteiger partial charge on any atom is 0.414 e. The number of rotatable bonds is 9. The van der Waals surface area contributed by atoms with Crippen LogP contribution >= 0.6 is 0 Å². The molecule has 0 spiro atoms. The fraction of sp³-hybridized carbons (Fsp3) is 0.375. The molecule has 5 rings (SSSR count). The third kappa shape index (κ3) is 7.92. The summed E-state index contributed by atoms with van der Waals surface area (Å²) >= 11 is 0. The molecule has 224 valence electrons. The Morgan fingerprint density at radius 2 is 1.91 bits per heavy atom. The Balaban J connectivity index is 1.03. The van der Waals surface area contributed by atoms with Gasteiger partial charge in [-0.05, 0) is 42.3 Å². The summed E-state index contributed by atoms with van der Waals surface area (Å²) in [5.74, 6) is 5.77. The van der Waals surface area contributed by atoms with Crippen molar-refractivity contribution < 1.29 is 23.5 Å². The molecule has 1 N–H and O–H groups in total. The molecule has 1 atom stereocenters. The maximum atomic E-state index is 15.1. The first-order valence-electron chi connectivity index (χ1n) is 14.4. The van der Waals surface area contributed by atoms with Gasteiger partial charge in [0.05, 0.1) is 30.8 Å². The number of cyclic esters (lactones) is 1. The first-order valence-corrected chi connectivity index (χ1v) is 14.4. The summed E-state index contributed by atoms with van der Waals surface area (Å²) < 4.78 is 22.4. The Bertz CT molecular complexity index is 1490. The van der Waals surface area contributed by atoms with Crippen LogP contribution in [0.25, 0.3) is 0 Å². The lowest BCUT2D eigenvalue weighted by atomic mass is 10.1. The van der Waals surface area contributed by atoms with Crippen molar-refractivity contribution in [1.82, 2.24) is 19.8 Å². The summed E-state index contributed by atoms with van der Waals surface area (Å²) in [5.41, 5.74) is 2.96. The monoisotopic (exact) mass is 586 g/mol. The predicted octanol–water partition coefficient (Wildman–Crippen LogP) is 3.40. The summed E-state index contributed by atoms with van der Waals surface area (Å²) in [6, 6.07) is 12.8. The molecule has 11 heteroatoms. The van der Waals surface area contributed by atoms with Crippen LogP contribution in [0.1, 0.15) is 37.3 Å². The molecule has 43 heavy (non-hydrogen) atoms. The smallest absolute Gasteiger partial charge is 0.414 e. The van der Waals surface area contributed by atoms with Crippen LogP contribution in [0.4, 0.5) is 20.6 Å². The number of piperazine rings is 1.